The Labute approximate surface area is 138 Å². The van der Waals surface area contributed by atoms with Crippen LogP contribution in [0.25, 0.3) is 10.8 Å². The molecule has 0 heterocycles. The van der Waals surface area contributed by atoms with E-state index in [-0.39, 0.29) is 11.7 Å². The fourth-order valence-electron chi connectivity index (χ4n) is 2.35. The summed E-state index contributed by atoms with van der Waals surface area (Å²) in [5.41, 5.74) is 0.772. The number of rotatable bonds is 4. The molecule has 1 amide bonds. The lowest BCUT2D eigenvalue weighted by molar-refractivity contribution is -0.115. The summed E-state index contributed by atoms with van der Waals surface area (Å²) in [6.45, 7) is 1.78. The Balaban J connectivity index is 1.77. The van der Waals surface area contributed by atoms with Crippen molar-refractivity contribution in [3.05, 3.63) is 72.5 Å². The average Bonchev–Trinajstić information content (AvgIpc) is 2.57. The lowest BCUT2D eigenvalue weighted by Crippen LogP contribution is -2.22. The number of carbonyl (C=O) groups is 1. The third kappa shape index (κ3) is 3.54. The molecule has 3 aromatic rings. The standard InChI is InChI=1S/C19H16FNOS/c1-13(23-18-12-5-4-10-16(18)20)19(22)21-17-11-6-8-14-7-2-3-9-15(14)17/h2-13H,1H3,(H,21,22). The van der Waals surface area contributed by atoms with E-state index >= 15 is 0 Å². The number of fused-ring (bicyclic) bond motifs is 1. The molecule has 0 saturated carbocycles. The van der Waals surface area contributed by atoms with Gasteiger partial charge in [-0.1, -0.05) is 48.5 Å². The number of hydrogen-bond donors (Lipinski definition) is 1. The van der Waals surface area contributed by atoms with Crippen LogP contribution < -0.4 is 5.32 Å². The summed E-state index contributed by atoms with van der Waals surface area (Å²) in [5, 5.41) is 4.61. The molecular weight excluding hydrogens is 309 g/mol. The summed E-state index contributed by atoms with van der Waals surface area (Å²) in [4.78, 5) is 12.9. The lowest BCUT2D eigenvalue weighted by atomic mass is 10.1. The minimum absolute atomic E-state index is 0.144. The van der Waals surface area contributed by atoms with Crippen LogP contribution in [-0.4, -0.2) is 11.2 Å². The highest BCUT2D eigenvalue weighted by Crippen LogP contribution is 2.28. The number of anilines is 1. The molecule has 0 aromatic heterocycles. The van der Waals surface area contributed by atoms with E-state index in [2.05, 4.69) is 5.32 Å². The van der Waals surface area contributed by atoms with Crippen molar-refractivity contribution in [2.24, 2.45) is 0 Å². The van der Waals surface area contributed by atoms with Crippen LogP contribution in [0.5, 0.6) is 0 Å². The van der Waals surface area contributed by atoms with Crippen LogP contribution in [0, 0.1) is 5.82 Å². The number of carbonyl (C=O) groups excluding carboxylic acids is 1. The Kier molecular flexibility index (Phi) is 4.63. The minimum atomic E-state index is -0.397. The SMILES string of the molecule is CC(Sc1ccccc1F)C(=O)Nc1cccc2ccccc12. The van der Waals surface area contributed by atoms with Gasteiger partial charge in [0.1, 0.15) is 5.82 Å². The molecule has 0 saturated heterocycles. The van der Waals surface area contributed by atoms with E-state index in [1.807, 2.05) is 42.5 Å². The summed E-state index contributed by atoms with van der Waals surface area (Å²) >= 11 is 1.22. The molecule has 0 spiro atoms. The molecule has 2 nitrogen and oxygen atoms in total. The van der Waals surface area contributed by atoms with Crippen molar-refractivity contribution in [3.63, 3.8) is 0 Å². The molecule has 1 N–H and O–H groups in total. The Bertz CT molecular complexity index is 844. The van der Waals surface area contributed by atoms with Gasteiger partial charge in [-0.25, -0.2) is 4.39 Å². The van der Waals surface area contributed by atoms with Crippen molar-refractivity contribution in [3.8, 4) is 0 Å². The fourth-order valence-corrected chi connectivity index (χ4v) is 3.24. The lowest BCUT2D eigenvalue weighted by Gasteiger charge is -2.14. The van der Waals surface area contributed by atoms with Crippen LogP contribution in [0.1, 0.15) is 6.92 Å². The predicted molar refractivity (Wildman–Crippen MR) is 94.3 cm³/mol. The van der Waals surface area contributed by atoms with Gasteiger partial charge in [-0.2, -0.15) is 0 Å². The molecule has 0 radical (unpaired) electrons. The highest BCUT2D eigenvalue weighted by Gasteiger charge is 2.17. The van der Waals surface area contributed by atoms with E-state index in [0.717, 1.165) is 16.5 Å². The van der Waals surface area contributed by atoms with Gasteiger partial charge in [-0.15, -0.1) is 11.8 Å². The summed E-state index contributed by atoms with van der Waals surface area (Å²) in [7, 11) is 0. The highest BCUT2D eigenvalue weighted by atomic mass is 32.2. The van der Waals surface area contributed by atoms with Crippen LogP contribution in [0.3, 0.4) is 0 Å². The highest BCUT2D eigenvalue weighted by molar-refractivity contribution is 8.00. The van der Waals surface area contributed by atoms with Gasteiger partial charge >= 0.3 is 0 Å². The van der Waals surface area contributed by atoms with Gasteiger partial charge in [-0.05, 0) is 30.5 Å². The summed E-state index contributed by atoms with van der Waals surface area (Å²) in [5.74, 6) is -0.447. The zero-order valence-corrected chi connectivity index (χ0v) is 13.4. The summed E-state index contributed by atoms with van der Waals surface area (Å²) in [6, 6.07) is 20.2. The molecule has 0 aliphatic heterocycles. The minimum Gasteiger partial charge on any atom is -0.325 e. The molecule has 0 fully saturated rings. The first-order valence-corrected chi connectivity index (χ1v) is 8.23. The van der Waals surface area contributed by atoms with Gasteiger partial charge in [0.2, 0.25) is 5.91 Å². The average molecular weight is 325 g/mol. The molecule has 3 aromatic carbocycles. The van der Waals surface area contributed by atoms with Crippen LogP contribution in [0.15, 0.2) is 71.6 Å². The Morgan fingerprint density at radius 1 is 1.00 bits per heavy atom. The maximum absolute atomic E-state index is 13.7. The second kappa shape index (κ2) is 6.84. The first-order chi connectivity index (χ1) is 11.1. The molecular formula is C19H16FNOS. The van der Waals surface area contributed by atoms with E-state index < -0.39 is 5.25 Å². The second-order valence-corrected chi connectivity index (χ2v) is 6.59. The molecule has 0 bridgehead atoms. The topological polar surface area (TPSA) is 29.1 Å². The van der Waals surface area contributed by atoms with E-state index in [9.17, 15) is 9.18 Å². The van der Waals surface area contributed by atoms with Crippen LogP contribution in [0.4, 0.5) is 10.1 Å². The van der Waals surface area contributed by atoms with Gasteiger partial charge in [0.25, 0.3) is 0 Å². The van der Waals surface area contributed by atoms with E-state index in [1.165, 1.54) is 17.8 Å². The molecule has 4 heteroatoms. The third-order valence-corrected chi connectivity index (χ3v) is 4.71. The Morgan fingerprint density at radius 3 is 2.52 bits per heavy atom. The first kappa shape index (κ1) is 15.6. The molecule has 3 rings (SSSR count). The normalized spacial score (nSPS) is 12.1. The smallest absolute Gasteiger partial charge is 0.237 e. The van der Waals surface area contributed by atoms with Crippen LogP contribution in [0.2, 0.25) is 0 Å². The predicted octanol–water partition coefficient (Wildman–Crippen LogP) is 5.10. The second-order valence-electron chi connectivity index (χ2n) is 5.21. The van der Waals surface area contributed by atoms with Gasteiger partial charge in [0, 0.05) is 16.0 Å². The molecule has 1 unspecified atom stereocenters. The fraction of sp³-hybridized carbons (Fsp3) is 0.105. The number of benzene rings is 3. The number of thioether (sulfide) groups is 1. The summed E-state index contributed by atoms with van der Waals surface area (Å²) in [6.07, 6.45) is 0. The van der Waals surface area contributed by atoms with Gasteiger partial charge in [0.15, 0.2) is 0 Å². The van der Waals surface area contributed by atoms with Gasteiger partial charge in [0.05, 0.1) is 5.25 Å². The van der Waals surface area contributed by atoms with Crippen molar-refractivity contribution < 1.29 is 9.18 Å². The quantitative estimate of drug-likeness (QED) is 0.676. The summed E-state index contributed by atoms with van der Waals surface area (Å²) < 4.78 is 13.7. The van der Waals surface area contributed by atoms with E-state index in [1.54, 1.807) is 25.1 Å². The Morgan fingerprint density at radius 2 is 1.70 bits per heavy atom. The molecule has 0 aliphatic rings. The third-order valence-electron chi connectivity index (χ3n) is 3.56. The largest absolute Gasteiger partial charge is 0.325 e. The maximum Gasteiger partial charge on any atom is 0.237 e. The number of halogens is 1. The van der Waals surface area contributed by atoms with Crippen molar-refractivity contribution >= 4 is 34.1 Å². The number of hydrogen-bond acceptors (Lipinski definition) is 2. The number of nitrogens with one attached hydrogen (secondary N) is 1. The molecule has 116 valence electrons. The van der Waals surface area contributed by atoms with E-state index in [0.29, 0.717) is 4.90 Å². The van der Waals surface area contributed by atoms with Crippen LogP contribution in [-0.2, 0) is 4.79 Å². The molecule has 0 aliphatic carbocycles. The maximum atomic E-state index is 13.7. The van der Waals surface area contributed by atoms with Crippen molar-refractivity contribution in [2.75, 3.05) is 5.32 Å². The van der Waals surface area contributed by atoms with Crippen molar-refractivity contribution in [1.29, 1.82) is 0 Å². The molecule has 23 heavy (non-hydrogen) atoms. The zero-order valence-electron chi connectivity index (χ0n) is 12.6. The first-order valence-electron chi connectivity index (χ1n) is 7.35. The molecule has 1 atom stereocenters. The van der Waals surface area contributed by atoms with E-state index in [4.69, 9.17) is 0 Å². The van der Waals surface area contributed by atoms with Crippen LogP contribution >= 0.6 is 11.8 Å². The van der Waals surface area contributed by atoms with Gasteiger partial charge in [-0.3, -0.25) is 4.79 Å². The van der Waals surface area contributed by atoms with Crippen molar-refractivity contribution in [1.82, 2.24) is 0 Å². The Hall–Kier alpha value is -2.33. The van der Waals surface area contributed by atoms with Gasteiger partial charge < -0.3 is 5.32 Å². The monoisotopic (exact) mass is 325 g/mol. The number of amides is 1. The van der Waals surface area contributed by atoms with Crippen molar-refractivity contribution in [2.45, 2.75) is 17.1 Å². The zero-order chi connectivity index (χ0) is 16.2.